The third kappa shape index (κ3) is 9.33. The minimum absolute atomic E-state index is 0. The molecule has 0 amide bonds. The maximum Gasteiger partial charge on any atom is 1.00 e. The molecular weight excluding hydrogens is 292 g/mol. The monoisotopic (exact) mass is 305 g/mol. The van der Waals surface area contributed by atoms with Gasteiger partial charge in [0.15, 0.2) is 0 Å². The molecule has 0 aliphatic heterocycles. The van der Waals surface area contributed by atoms with Crippen LogP contribution in [-0.4, -0.2) is 62.0 Å². The van der Waals surface area contributed by atoms with Gasteiger partial charge < -0.3 is 14.0 Å². The molecule has 0 heterocycles. The van der Waals surface area contributed by atoms with Crippen molar-refractivity contribution in [3.8, 4) is 0 Å². The molecule has 0 aliphatic carbocycles. The Morgan fingerprint density at radius 2 is 1.41 bits per heavy atom. The van der Waals surface area contributed by atoms with Gasteiger partial charge in [0, 0.05) is 6.54 Å². The number of hydrogen-bond acceptors (Lipinski definition) is 7. The van der Waals surface area contributed by atoms with E-state index in [0.29, 0.717) is 0 Å². The molecule has 1 atom stereocenters. The van der Waals surface area contributed by atoms with E-state index < -0.39 is 30.7 Å². The van der Waals surface area contributed by atoms with E-state index in [9.17, 15) is 25.9 Å². The van der Waals surface area contributed by atoms with Crippen LogP contribution in [0.2, 0.25) is 0 Å². The first-order valence-corrected chi connectivity index (χ1v) is 6.90. The third-order valence-corrected chi connectivity index (χ3v) is 4.39. The molecule has 0 saturated carbocycles. The van der Waals surface area contributed by atoms with Gasteiger partial charge in [0.2, 0.25) is 0 Å². The molecule has 0 N–H and O–H groups in total. The summed E-state index contributed by atoms with van der Waals surface area (Å²) in [5, 5.41) is 0. The Morgan fingerprint density at radius 1 is 1.06 bits per heavy atom. The Balaban J connectivity index is -0.000000980. The standard InChI is InChI=1S/C6H15NO6S2.2Na/c1-6(4-7(2)3,15(11,12)13)5-14(8,9)10;;/h4-5H2,1-3H3,(H,8,9,10)(H,11,12,13);;/q;2*+1/p-2. The smallest absolute Gasteiger partial charge is 0.748 e. The SMILES string of the molecule is CN(C)CC(C)(CS(=O)(=O)[O-])S(=O)(=O)[O-].[Na+].[Na+]. The summed E-state index contributed by atoms with van der Waals surface area (Å²) in [5.74, 6) is -1.22. The zero-order chi connectivity index (χ0) is 12.5. The maximum atomic E-state index is 10.9. The second-order valence-corrected chi connectivity index (χ2v) is 7.14. The van der Waals surface area contributed by atoms with E-state index in [2.05, 4.69) is 0 Å². The molecule has 0 bridgehead atoms. The first-order valence-electron chi connectivity index (χ1n) is 3.91. The van der Waals surface area contributed by atoms with Gasteiger partial charge in [-0.15, -0.1) is 0 Å². The molecule has 0 radical (unpaired) electrons. The van der Waals surface area contributed by atoms with Crippen molar-refractivity contribution in [3.63, 3.8) is 0 Å². The minimum Gasteiger partial charge on any atom is -0.748 e. The summed E-state index contributed by atoms with van der Waals surface area (Å²) >= 11 is 0. The third-order valence-electron chi connectivity index (χ3n) is 1.74. The van der Waals surface area contributed by atoms with Gasteiger partial charge in [0.05, 0.1) is 20.6 Å². The number of hydrogen-bond donors (Lipinski definition) is 0. The van der Waals surface area contributed by atoms with Crippen molar-refractivity contribution in [3.05, 3.63) is 0 Å². The van der Waals surface area contributed by atoms with Gasteiger partial charge in [-0.25, -0.2) is 16.8 Å². The van der Waals surface area contributed by atoms with Crippen molar-refractivity contribution in [2.75, 3.05) is 26.4 Å². The summed E-state index contributed by atoms with van der Waals surface area (Å²) in [5.41, 5.74) is 0. The maximum absolute atomic E-state index is 10.9. The van der Waals surface area contributed by atoms with Crippen LogP contribution < -0.4 is 59.1 Å². The first kappa shape index (κ1) is 23.8. The fraction of sp³-hybridized carbons (Fsp3) is 1.00. The number of rotatable bonds is 5. The molecule has 0 rings (SSSR count). The summed E-state index contributed by atoms with van der Waals surface area (Å²) in [6, 6.07) is 0. The second kappa shape index (κ2) is 8.15. The molecule has 17 heavy (non-hydrogen) atoms. The Kier molecular flexibility index (Phi) is 11.4. The minimum atomic E-state index is -4.86. The Morgan fingerprint density at radius 3 is 1.59 bits per heavy atom. The summed E-state index contributed by atoms with van der Waals surface area (Å²) in [6.45, 7) is 0.630. The van der Waals surface area contributed by atoms with Crippen LogP contribution in [0.4, 0.5) is 0 Å². The van der Waals surface area contributed by atoms with Gasteiger partial charge >= 0.3 is 59.1 Å². The van der Waals surface area contributed by atoms with Crippen LogP contribution in [0.3, 0.4) is 0 Å². The van der Waals surface area contributed by atoms with Gasteiger partial charge in [0.25, 0.3) is 0 Å². The van der Waals surface area contributed by atoms with Gasteiger partial charge in [-0.2, -0.15) is 0 Å². The van der Waals surface area contributed by atoms with Crippen LogP contribution in [-0.2, 0) is 20.2 Å². The molecule has 0 spiro atoms. The van der Waals surface area contributed by atoms with E-state index in [1.54, 1.807) is 0 Å². The van der Waals surface area contributed by atoms with Crippen LogP contribution in [0, 0.1) is 0 Å². The molecule has 0 aromatic rings. The van der Waals surface area contributed by atoms with Gasteiger partial charge in [-0.1, -0.05) is 0 Å². The van der Waals surface area contributed by atoms with Crippen molar-refractivity contribution >= 4 is 20.2 Å². The molecule has 0 saturated heterocycles. The van der Waals surface area contributed by atoms with Crippen molar-refractivity contribution in [2.24, 2.45) is 0 Å². The normalized spacial score (nSPS) is 15.6. The van der Waals surface area contributed by atoms with E-state index >= 15 is 0 Å². The zero-order valence-corrected chi connectivity index (χ0v) is 16.3. The van der Waals surface area contributed by atoms with Crippen molar-refractivity contribution in [1.82, 2.24) is 4.90 Å². The fourth-order valence-electron chi connectivity index (χ4n) is 1.24. The van der Waals surface area contributed by atoms with Crippen LogP contribution in [0.15, 0.2) is 0 Å². The largest absolute Gasteiger partial charge is 1.00 e. The topological polar surface area (TPSA) is 118 Å². The van der Waals surface area contributed by atoms with Crippen molar-refractivity contribution in [1.29, 1.82) is 0 Å². The second-order valence-electron chi connectivity index (χ2n) is 3.84. The molecule has 92 valence electrons. The van der Waals surface area contributed by atoms with Crippen molar-refractivity contribution < 1.29 is 85.1 Å². The summed E-state index contributed by atoms with van der Waals surface area (Å²) < 4.78 is 62.0. The summed E-state index contributed by atoms with van der Waals surface area (Å²) in [4.78, 5) is 1.33. The Hall–Kier alpha value is 1.78. The van der Waals surface area contributed by atoms with Crippen LogP contribution in [0.25, 0.3) is 0 Å². The predicted molar refractivity (Wildman–Crippen MR) is 51.2 cm³/mol. The molecule has 1 unspecified atom stereocenters. The summed E-state index contributed by atoms with van der Waals surface area (Å²) in [7, 11) is -6.68. The average molecular weight is 305 g/mol. The van der Waals surface area contributed by atoms with Crippen LogP contribution in [0.5, 0.6) is 0 Å². The molecule has 0 aromatic carbocycles. The average Bonchev–Trinajstić information content (AvgIpc) is 1.75. The quantitative estimate of drug-likeness (QED) is 0.366. The molecule has 11 heteroatoms. The number of nitrogens with zero attached hydrogens (tertiary/aromatic N) is 1. The fourth-order valence-corrected chi connectivity index (χ4v) is 3.51. The summed E-state index contributed by atoms with van der Waals surface area (Å²) in [6.07, 6.45) is 0. The predicted octanol–water partition coefficient (Wildman–Crippen LogP) is -7.59. The molecular formula is C6H13NNa2O6S2. The van der Waals surface area contributed by atoms with E-state index in [1.807, 2.05) is 0 Å². The Bertz CT molecular complexity index is 420. The first-order chi connectivity index (χ1) is 6.37. The Labute approximate surface area is 146 Å². The van der Waals surface area contributed by atoms with Gasteiger partial charge in [0.1, 0.15) is 10.1 Å². The van der Waals surface area contributed by atoms with Gasteiger partial charge in [-0.3, -0.25) is 0 Å². The van der Waals surface area contributed by atoms with Crippen molar-refractivity contribution in [2.45, 2.75) is 11.7 Å². The molecule has 7 nitrogen and oxygen atoms in total. The van der Waals surface area contributed by atoms with Gasteiger partial charge in [-0.05, 0) is 21.0 Å². The van der Waals surface area contributed by atoms with E-state index in [-0.39, 0.29) is 65.7 Å². The molecule has 0 aromatic heterocycles. The molecule has 0 aliphatic rings. The van der Waals surface area contributed by atoms with E-state index in [4.69, 9.17) is 0 Å². The van der Waals surface area contributed by atoms with Crippen LogP contribution >= 0.6 is 0 Å². The van der Waals surface area contributed by atoms with Crippen LogP contribution in [0.1, 0.15) is 6.92 Å². The molecule has 0 fully saturated rings. The van der Waals surface area contributed by atoms with E-state index in [0.717, 1.165) is 6.92 Å². The van der Waals surface area contributed by atoms with E-state index in [1.165, 1.54) is 19.0 Å². The zero-order valence-electron chi connectivity index (χ0n) is 10.6.